The second kappa shape index (κ2) is 6.88. The number of aromatic nitrogens is 3. The molecule has 0 atom stereocenters. The molecule has 134 valence electrons. The second-order valence-electron chi connectivity index (χ2n) is 6.77. The molecule has 0 amide bonds. The highest BCUT2D eigenvalue weighted by molar-refractivity contribution is 5.96. The summed E-state index contributed by atoms with van der Waals surface area (Å²) in [6.07, 6.45) is 3.53. The fourth-order valence-electron chi connectivity index (χ4n) is 3.67. The summed E-state index contributed by atoms with van der Waals surface area (Å²) in [5.74, 6) is 0.901. The van der Waals surface area contributed by atoms with Gasteiger partial charge in [-0.2, -0.15) is 0 Å². The molecule has 0 saturated carbocycles. The number of carbonyl (C=O) groups is 1. The molecule has 3 aromatic rings. The predicted molar refractivity (Wildman–Crippen MR) is 103 cm³/mol. The minimum atomic E-state index is 0.135. The summed E-state index contributed by atoms with van der Waals surface area (Å²) in [6, 6.07) is 9.94. The second-order valence-corrected chi connectivity index (χ2v) is 6.77. The number of carbonyl (C=O) groups excluding carboxylic acids is 1. The Bertz CT molecular complexity index is 926. The molecule has 0 spiro atoms. The summed E-state index contributed by atoms with van der Waals surface area (Å²) in [6.45, 7) is 7.88. The number of anilines is 1. The Morgan fingerprint density at radius 2 is 1.69 bits per heavy atom. The number of benzene rings is 1. The van der Waals surface area contributed by atoms with E-state index in [9.17, 15) is 4.79 Å². The number of piperazine rings is 1. The van der Waals surface area contributed by atoms with E-state index in [0.717, 1.165) is 48.7 Å². The van der Waals surface area contributed by atoms with Crippen molar-refractivity contribution in [2.45, 2.75) is 13.8 Å². The van der Waals surface area contributed by atoms with E-state index in [1.165, 1.54) is 5.56 Å². The number of nitrogens with zero attached hydrogens (tertiary/aromatic N) is 5. The van der Waals surface area contributed by atoms with E-state index in [-0.39, 0.29) is 5.91 Å². The molecular formula is C20H23N5O. The van der Waals surface area contributed by atoms with Crippen LogP contribution in [0.4, 0.5) is 5.95 Å². The molecule has 1 saturated heterocycles. The molecule has 4 rings (SSSR count). The molecule has 0 aliphatic carbocycles. The maximum absolute atomic E-state index is 13.0. The lowest BCUT2D eigenvalue weighted by atomic mass is 10.2. The third-order valence-electron chi connectivity index (χ3n) is 5.24. The van der Waals surface area contributed by atoms with E-state index in [0.29, 0.717) is 6.54 Å². The van der Waals surface area contributed by atoms with Crippen molar-refractivity contribution in [3.63, 3.8) is 0 Å². The van der Waals surface area contributed by atoms with Gasteiger partial charge in [-0.25, -0.2) is 9.97 Å². The number of para-hydroxylation sites is 1. The van der Waals surface area contributed by atoms with Crippen molar-refractivity contribution in [1.29, 1.82) is 0 Å². The number of hydrogen-bond acceptors (Lipinski definition) is 5. The summed E-state index contributed by atoms with van der Waals surface area (Å²) >= 11 is 0. The normalized spacial score (nSPS) is 15.5. The minimum absolute atomic E-state index is 0.135. The lowest BCUT2D eigenvalue weighted by molar-refractivity contribution is 0.0847. The predicted octanol–water partition coefficient (Wildman–Crippen LogP) is 2.51. The number of hydrogen-bond donors (Lipinski definition) is 0. The summed E-state index contributed by atoms with van der Waals surface area (Å²) in [4.78, 5) is 26.0. The van der Waals surface area contributed by atoms with Crippen LogP contribution in [0.1, 0.15) is 16.1 Å². The first kappa shape index (κ1) is 16.7. The quantitative estimate of drug-likeness (QED) is 0.727. The fraction of sp³-hybridized carbons (Fsp3) is 0.350. The van der Waals surface area contributed by atoms with Gasteiger partial charge in [0.2, 0.25) is 11.9 Å². The highest BCUT2D eigenvalue weighted by Gasteiger charge is 2.23. The molecule has 1 fully saturated rings. The molecule has 1 aliphatic heterocycles. The molecule has 3 heterocycles. The first-order valence-electron chi connectivity index (χ1n) is 8.99. The molecule has 2 aromatic heterocycles. The van der Waals surface area contributed by atoms with Crippen molar-refractivity contribution < 1.29 is 4.79 Å². The van der Waals surface area contributed by atoms with Crippen LogP contribution >= 0.6 is 0 Å². The topological polar surface area (TPSA) is 54.3 Å². The van der Waals surface area contributed by atoms with Crippen LogP contribution in [0.15, 0.2) is 42.7 Å². The van der Waals surface area contributed by atoms with Gasteiger partial charge in [0.15, 0.2) is 0 Å². The number of fused-ring (bicyclic) bond motifs is 1. The van der Waals surface area contributed by atoms with Gasteiger partial charge < -0.3 is 4.90 Å². The highest BCUT2D eigenvalue weighted by atomic mass is 16.2. The van der Waals surface area contributed by atoms with Gasteiger partial charge in [0.05, 0.1) is 12.1 Å². The van der Waals surface area contributed by atoms with E-state index >= 15 is 0 Å². The summed E-state index contributed by atoms with van der Waals surface area (Å²) in [7, 11) is 0. The zero-order chi connectivity index (χ0) is 18.1. The van der Waals surface area contributed by atoms with Crippen molar-refractivity contribution in [2.75, 3.05) is 37.6 Å². The van der Waals surface area contributed by atoms with E-state index in [1.807, 2.05) is 35.8 Å². The Morgan fingerprint density at radius 3 is 2.42 bits per heavy atom. The zero-order valence-corrected chi connectivity index (χ0v) is 15.2. The average Bonchev–Trinajstić information content (AvgIpc) is 2.94. The zero-order valence-electron chi connectivity index (χ0n) is 15.2. The van der Waals surface area contributed by atoms with Crippen LogP contribution in [-0.2, 0) is 0 Å². The summed E-state index contributed by atoms with van der Waals surface area (Å²) in [5.41, 5.74) is 3.22. The van der Waals surface area contributed by atoms with Crippen LogP contribution in [0.25, 0.3) is 10.9 Å². The van der Waals surface area contributed by atoms with Gasteiger partial charge in [-0.1, -0.05) is 18.2 Å². The van der Waals surface area contributed by atoms with Crippen molar-refractivity contribution >= 4 is 22.8 Å². The van der Waals surface area contributed by atoms with Gasteiger partial charge in [0.25, 0.3) is 0 Å². The molecule has 0 N–H and O–H groups in total. The van der Waals surface area contributed by atoms with Crippen LogP contribution in [0, 0.1) is 13.8 Å². The molecular weight excluding hydrogens is 326 g/mol. The van der Waals surface area contributed by atoms with Gasteiger partial charge in [-0.05, 0) is 31.5 Å². The molecule has 6 nitrogen and oxygen atoms in total. The molecule has 1 aliphatic rings. The van der Waals surface area contributed by atoms with Gasteiger partial charge >= 0.3 is 0 Å². The van der Waals surface area contributed by atoms with Gasteiger partial charge in [-0.15, -0.1) is 0 Å². The van der Waals surface area contributed by atoms with Crippen molar-refractivity contribution in [1.82, 2.24) is 19.4 Å². The van der Waals surface area contributed by atoms with E-state index in [1.54, 1.807) is 12.4 Å². The number of rotatable bonds is 3. The molecule has 1 aromatic carbocycles. The lowest BCUT2D eigenvalue weighted by Gasteiger charge is -2.34. The van der Waals surface area contributed by atoms with Crippen LogP contribution in [-0.4, -0.2) is 58.1 Å². The SMILES string of the molecule is Cc1c(C)n(C(=O)CN2CCN(c3ncccn3)CC2)c2ccccc12. The maximum atomic E-state index is 13.0. The largest absolute Gasteiger partial charge is 0.338 e. The smallest absolute Gasteiger partial charge is 0.245 e. The number of aryl methyl sites for hydroxylation is 1. The minimum Gasteiger partial charge on any atom is -0.338 e. The van der Waals surface area contributed by atoms with Gasteiger partial charge in [0, 0.05) is 49.7 Å². The molecule has 0 unspecified atom stereocenters. The standard InChI is InChI=1S/C20H23N5O/c1-15-16(2)25(18-7-4-3-6-17(15)18)19(26)14-23-10-12-24(13-11-23)20-21-8-5-9-22-20/h3-9H,10-14H2,1-2H3. The third-order valence-corrected chi connectivity index (χ3v) is 5.24. The molecule has 6 heteroatoms. The van der Waals surface area contributed by atoms with Gasteiger partial charge in [-0.3, -0.25) is 14.3 Å². The summed E-state index contributed by atoms with van der Waals surface area (Å²) < 4.78 is 1.87. The fourth-order valence-corrected chi connectivity index (χ4v) is 3.67. The van der Waals surface area contributed by atoms with Crippen molar-refractivity contribution in [3.05, 3.63) is 54.0 Å². The Balaban J connectivity index is 1.46. The Kier molecular flexibility index (Phi) is 4.42. The highest BCUT2D eigenvalue weighted by Crippen LogP contribution is 2.25. The first-order chi connectivity index (χ1) is 12.6. The molecule has 0 bridgehead atoms. The first-order valence-corrected chi connectivity index (χ1v) is 8.99. The summed E-state index contributed by atoms with van der Waals surface area (Å²) in [5, 5.41) is 1.16. The average molecular weight is 349 g/mol. The van der Waals surface area contributed by atoms with Crippen molar-refractivity contribution in [3.8, 4) is 0 Å². The van der Waals surface area contributed by atoms with Crippen LogP contribution in [0.2, 0.25) is 0 Å². The van der Waals surface area contributed by atoms with E-state index in [4.69, 9.17) is 0 Å². The van der Waals surface area contributed by atoms with Crippen LogP contribution < -0.4 is 4.90 Å². The van der Waals surface area contributed by atoms with Gasteiger partial charge in [0.1, 0.15) is 0 Å². The monoisotopic (exact) mass is 349 g/mol. The van der Waals surface area contributed by atoms with E-state index < -0.39 is 0 Å². The molecule has 26 heavy (non-hydrogen) atoms. The van der Waals surface area contributed by atoms with Crippen LogP contribution in [0.5, 0.6) is 0 Å². The Labute approximate surface area is 153 Å². The Morgan fingerprint density at radius 1 is 1.00 bits per heavy atom. The maximum Gasteiger partial charge on any atom is 0.245 e. The lowest BCUT2D eigenvalue weighted by Crippen LogP contribution is -2.49. The van der Waals surface area contributed by atoms with E-state index in [2.05, 4.69) is 32.8 Å². The third kappa shape index (κ3) is 2.97. The van der Waals surface area contributed by atoms with Crippen LogP contribution in [0.3, 0.4) is 0 Å². The molecule has 0 radical (unpaired) electrons. The van der Waals surface area contributed by atoms with Crippen molar-refractivity contribution in [2.24, 2.45) is 0 Å². The Hall–Kier alpha value is -2.73.